The van der Waals surface area contributed by atoms with Crippen LogP contribution in [0.25, 0.3) is 0 Å². The summed E-state index contributed by atoms with van der Waals surface area (Å²) in [5.41, 5.74) is 6.83. The molecule has 0 spiro atoms. The fraction of sp³-hybridized carbons (Fsp3) is 0.200. The van der Waals surface area contributed by atoms with Crippen LogP contribution in [-0.2, 0) is 0 Å². The Morgan fingerprint density at radius 1 is 1.46 bits per heavy atom. The van der Waals surface area contributed by atoms with Gasteiger partial charge in [-0.3, -0.25) is 4.79 Å². The molecular weight excluding hydrogens is 164 g/mol. The topological polar surface area (TPSA) is 66.9 Å². The van der Waals surface area contributed by atoms with Crippen molar-refractivity contribution in [3.8, 4) is 6.07 Å². The lowest BCUT2D eigenvalue weighted by atomic mass is 10.0. The van der Waals surface area contributed by atoms with E-state index >= 15 is 0 Å². The lowest BCUT2D eigenvalue weighted by Gasteiger charge is -2.01. The number of aryl methyl sites for hydroxylation is 1. The zero-order valence-electron chi connectivity index (χ0n) is 7.32. The number of carbonyl (C=O) groups is 1. The predicted octanol–water partition coefficient (Wildman–Crippen LogP) is 1.03. The lowest BCUT2D eigenvalue weighted by Crippen LogP contribution is -2.28. The van der Waals surface area contributed by atoms with E-state index in [0.29, 0.717) is 5.56 Å². The lowest BCUT2D eigenvalue weighted by molar-refractivity contribution is 0.0980. The van der Waals surface area contributed by atoms with Gasteiger partial charge >= 0.3 is 0 Å². The molecule has 0 amide bonds. The summed E-state index contributed by atoms with van der Waals surface area (Å²) >= 11 is 0. The molecule has 3 heteroatoms. The molecule has 0 aliphatic carbocycles. The number of nitrogens with zero attached hydrogens (tertiary/aromatic N) is 1. The second-order valence-electron chi connectivity index (χ2n) is 2.84. The van der Waals surface area contributed by atoms with Crippen molar-refractivity contribution in [2.45, 2.75) is 13.0 Å². The molecule has 0 saturated carbocycles. The van der Waals surface area contributed by atoms with Crippen molar-refractivity contribution in [3.63, 3.8) is 0 Å². The smallest absolute Gasteiger partial charge is 0.193 e. The number of ketones is 1. The van der Waals surface area contributed by atoms with Gasteiger partial charge in [0, 0.05) is 5.56 Å². The molecule has 0 heterocycles. The van der Waals surface area contributed by atoms with Crippen LogP contribution in [0.3, 0.4) is 0 Å². The SMILES string of the molecule is Cc1ccc(C(=O)C(N)C#N)cc1. The normalized spacial score (nSPS) is 11.8. The Morgan fingerprint density at radius 3 is 2.46 bits per heavy atom. The number of hydrogen-bond donors (Lipinski definition) is 1. The van der Waals surface area contributed by atoms with Crippen LogP contribution in [0.2, 0.25) is 0 Å². The molecule has 0 bridgehead atoms. The molecule has 1 aromatic rings. The van der Waals surface area contributed by atoms with Crippen molar-refractivity contribution in [3.05, 3.63) is 35.4 Å². The highest BCUT2D eigenvalue weighted by Crippen LogP contribution is 2.05. The fourth-order valence-corrected chi connectivity index (χ4v) is 0.956. The van der Waals surface area contributed by atoms with E-state index in [1.807, 2.05) is 19.1 Å². The monoisotopic (exact) mass is 174 g/mol. The first-order valence-corrected chi connectivity index (χ1v) is 3.91. The van der Waals surface area contributed by atoms with Gasteiger partial charge in [0.15, 0.2) is 11.8 Å². The minimum Gasteiger partial charge on any atom is -0.309 e. The molecule has 0 aliphatic rings. The number of nitrogens with two attached hydrogens (primary N) is 1. The summed E-state index contributed by atoms with van der Waals surface area (Å²) in [6.45, 7) is 1.93. The van der Waals surface area contributed by atoms with Gasteiger partial charge in [-0.15, -0.1) is 0 Å². The van der Waals surface area contributed by atoms with Crippen LogP contribution in [0, 0.1) is 18.3 Å². The molecule has 66 valence electrons. The van der Waals surface area contributed by atoms with E-state index in [-0.39, 0.29) is 5.78 Å². The van der Waals surface area contributed by atoms with Crippen LogP contribution in [0.5, 0.6) is 0 Å². The summed E-state index contributed by atoms with van der Waals surface area (Å²) in [4.78, 5) is 11.3. The van der Waals surface area contributed by atoms with Gasteiger partial charge in [-0.25, -0.2) is 0 Å². The van der Waals surface area contributed by atoms with E-state index in [0.717, 1.165) is 5.56 Å². The molecule has 1 aromatic carbocycles. The summed E-state index contributed by atoms with van der Waals surface area (Å²) in [6.07, 6.45) is 0. The van der Waals surface area contributed by atoms with Gasteiger partial charge in [-0.05, 0) is 6.92 Å². The van der Waals surface area contributed by atoms with Gasteiger partial charge in [0.25, 0.3) is 0 Å². The zero-order valence-corrected chi connectivity index (χ0v) is 7.32. The fourth-order valence-electron chi connectivity index (χ4n) is 0.956. The van der Waals surface area contributed by atoms with Crippen LogP contribution in [0.1, 0.15) is 15.9 Å². The molecule has 1 atom stereocenters. The van der Waals surface area contributed by atoms with Crippen LogP contribution in [0.4, 0.5) is 0 Å². The van der Waals surface area contributed by atoms with E-state index in [1.165, 1.54) is 0 Å². The minimum absolute atomic E-state index is 0.331. The van der Waals surface area contributed by atoms with E-state index in [4.69, 9.17) is 11.0 Å². The quantitative estimate of drug-likeness (QED) is 0.681. The third-order valence-electron chi connectivity index (χ3n) is 1.76. The minimum atomic E-state index is -1.05. The molecular formula is C10H10N2O. The van der Waals surface area contributed by atoms with Gasteiger partial charge in [-0.2, -0.15) is 5.26 Å². The standard InChI is InChI=1S/C10H10N2O/c1-7-2-4-8(5-3-7)10(13)9(12)6-11/h2-5,9H,12H2,1H3. The molecule has 0 aromatic heterocycles. The van der Waals surface area contributed by atoms with Crippen molar-refractivity contribution >= 4 is 5.78 Å². The highest BCUT2D eigenvalue weighted by Gasteiger charge is 2.13. The van der Waals surface area contributed by atoms with E-state index < -0.39 is 6.04 Å². The summed E-state index contributed by atoms with van der Waals surface area (Å²) < 4.78 is 0. The maximum absolute atomic E-state index is 11.3. The summed E-state index contributed by atoms with van der Waals surface area (Å²) in [6, 6.07) is 7.64. The maximum atomic E-state index is 11.3. The van der Waals surface area contributed by atoms with Crippen molar-refractivity contribution in [2.24, 2.45) is 5.73 Å². The Hall–Kier alpha value is -1.66. The maximum Gasteiger partial charge on any atom is 0.193 e. The highest BCUT2D eigenvalue weighted by atomic mass is 16.1. The number of benzene rings is 1. The Kier molecular flexibility index (Phi) is 2.78. The molecule has 1 unspecified atom stereocenters. The summed E-state index contributed by atoms with van der Waals surface area (Å²) in [5, 5.41) is 8.43. The number of nitriles is 1. The Balaban J connectivity index is 2.91. The molecule has 3 nitrogen and oxygen atoms in total. The largest absolute Gasteiger partial charge is 0.309 e. The molecule has 0 radical (unpaired) electrons. The van der Waals surface area contributed by atoms with E-state index in [1.54, 1.807) is 18.2 Å². The molecule has 0 fully saturated rings. The average molecular weight is 174 g/mol. The molecule has 1 rings (SSSR count). The predicted molar refractivity (Wildman–Crippen MR) is 49.1 cm³/mol. The van der Waals surface area contributed by atoms with Crippen LogP contribution >= 0.6 is 0 Å². The average Bonchev–Trinajstić information content (AvgIpc) is 2.17. The van der Waals surface area contributed by atoms with E-state index in [9.17, 15) is 4.79 Å². The Morgan fingerprint density at radius 2 is 2.00 bits per heavy atom. The van der Waals surface area contributed by atoms with Crippen molar-refractivity contribution in [1.29, 1.82) is 5.26 Å². The summed E-state index contributed by atoms with van der Waals surface area (Å²) in [5.74, 6) is -0.331. The molecule has 13 heavy (non-hydrogen) atoms. The van der Waals surface area contributed by atoms with Gasteiger partial charge in [0.2, 0.25) is 0 Å². The number of rotatable bonds is 2. The number of Topliss-reactive ketones (excluding diaryl/α,β-unsaturated/α-hetero) is 1. The van der Waals surface area contributed by atoms with Crippen molar-refractivity contribution in [1.82, 2.24) is 0 Å². The Labute approximate surface area is 76.8 Å². The van der Waals surface area contributed by atoms with Crippen molar-refractivity contribution in [2.75, 3.05) is 0 Å². The molecule has 0 aliphatic heterocycles. The van der Waals surface area contributed by atoms with Gasteiger partial charge in [0.1, 0.15) is 0 Å². The van der Waals surface area contributed by atoms with E-state index in [2.05, 4.69) is 0 Å². The first-order valence-electron chi connectivity index (χ1n) is 3.91. The molecule has 0 saturated heterocycles. The van der Waals surface area contributed by atoms with Gasteiger partial charge < -0.3 is 5.73 Å². The van der Waals surface area contributed by atoms with Crippen LogP contribution < -0.4 is 5.73 Å². The zero-order chi connectivity index (χ0) is 9.84. The summed E-state index contributed by atoms with van der Waals surface area (Å²) in [7, 11) is 0. The first kappa shape index (κ1) is 9.43. The first-order chi connectivity index (χ1) is 6.15. The van der Waals surface area contributed by atoms with Crippen LogP contribution in [0.15, 0.2) is 24.3 Å². The number of hydrogen-bond acceptors (Lipinski definition) is 3. The van der Waals surface area contributed by atoms with Gasteiger partial charge in [-0.1, -0.05) is 29.8 Å². The third kappa shape index (κ3) is 2.14. The van der Waals surface area contributed by atoms with Gasteiger partial charge in [0.05, 0.1) is 6.07 Å². The molecule has 2 N–H and O–H groups in total. The second kappa shape index (κ2) is 3.83. The third-order valence-corrected chi connectivity index (χ3v) is 1.76. The van der Waals surface area contributed by atoms with Crippen LogP contribution in [-0.4, -0.2) is 11.8 Å². The number of carbonyl (C=O) groups excluding carboxylic acids is 1. The highest BCUT2D eigenvalue weighted by molar-refractivity contribution is 6.01. The Bertz CT molecular complexity index is 348. The van der Waals surface area contributed by atoms with Crippen molar-refractivity contribution < 1.29 is 4.79 Å². The second-order valence-corrected chi connectivity index (χ2v) is 2.84.